The van der Waals surface area contributed by atoms with E-state index in [-0.39, 0.29) is 0 Å². The molecule has 0 N–H and O–H groups in total. The third-order valence-corrected chi connectivity index (χ3v) is 23.4. The second kappa shape index (κ2) is 21.6. The average Bonchev–Trinajstić information content (AvgIpc) is 1.58. The van der Waals surface area contributed by atoms with Gasteiger partial charge in [0.1, 0.15) is 0 Å². The molecule has 2 aliphatic rings. The van der Waals surface area contributed by atoms with E-state index >= 15 is 0 Å². The molecule has 0 bridgehead atoms. The molecule has 1 atom stereocenters. The highest BCUT2D eigenvalue weighted by atomic mass is 35.5. The number of anilines is 6. The lowest BCUT2D eigenvalue weighted by Crippen LogP contribution is -2.32. The maximum Gasteiger partial charge on any atom is 0.0737 e. The van der Waals surface area contributed by atoms with Crippen molar-refractivity contribution >= 4 is 142 Å². The van der Waals surface area contributed by atoms with Gasteiger partial charge in [0.2, 0.25) is 0 Å². The van der Waals surface area contributed by atoms with Crippen molar-refractivity contribution < 1.29 is 0 Å². The largest absolute Gasteiger partial charge is 0.310 e. The van der Waals surface area contributed by atoms with Gasteiger partial charge < -0.3 is 9.80 Å². The molecule has 2 aromatic heterocycles. The molecular formula is C87H53ClN2S3. The molecular weight excluding hydrogens is 1200 g/mol. The summed E-state index contributed by atoms with van der Waals surface area (Å²) >= 11 is 13.1. The average molecular weight is 1260 g/mol. The van der Waals surface area contributed by atoms with Gasteiger partial charge in [-0.2, -0.15) is 0 Å². The highest BCUT2D eigenvalue weighted by Gasteiger charge is 2.51. The van der Waals surface area contributed by atoms with Crippen molar-refractivity contribution in [2.45, 2.75) is 15.2 Å². The Balaban J connectivity index is 0.857. The van der Waals surface area contributed by atoms with Crippen LogP contribution in [0.3, 0.4) is 0 Å². The number of hydrogen-bond acceptors (Lipinski definition) is 5. The number of fused-ring (bicyclic) bond motifs is 17. The van der Waals surface area contributed by atoms with Crippen LogP contribution in [0.5, 0.6) is 0 Å². The van der Waals surface area contributed by atoms with E-state index < -0.39 is 5.41 Å². The lowest BCUT2D eigenvalue weighted by atomic mass is 9.67. The van der Waals surface area contributed by atoms with Crippen LogP contribution in [0, 0.1) is 0 Å². The summed E-state index contributed by atoms with van der Waals surface area (Å²) in [6, 6.07) is 120. The minimum atomic E-state index is -0.808. The fraction of sp³-hybridized carbons (Fsp3) is 0.0115. The van der Waals surface area contributed by atoms with E-state index in [9.17, 15) is 0 Å². The molecule has 19 rings (SSSR count). The lowest BCUT2D eigenvalue weighted by molar-refractivity contribution is 0.722. The number of hydrogen-bond donors (Lipinski definition) is 0. The Morgan fingerprint density at radius 3 is 1.72 bits per heavy atom. The van der Waals surface area contributed by atoms with E-state index in [4.69, 9.17) is 11.6 Å². The van der Waals surface area contributed by atoms with Crippen LogP contribution in [0.15, 0.2) is 331 Å². The first kappa shape index (κ1) is 54.3. The van der Waals surface area contributed by atoms with Crippen molar-refractivity contribution in [1.82, 2.24) is 0 Å². The molecule has 93 heavy (non-hydrogen) atoms. The van der Waals surface area contributed by atoms with Crippen molar-refractivity contribution in [2.24, 2.45) is 0 Å². The van der Waals surface area contributed by atoms with Gasteiger partial charge in [-0.3, -0.25) is 0 Å². The first-order valence-corrected chi connectivity index (χ1v) is 34.4. The standard InChI is InChI=1S/C87H53ClN2S3/c88-78-34-18-33-75-86(78)93-82-48-44-62(89(61-42-41-55-21-7-8-23-59(55)49-61)64-50-72(84-73(51-64)69-29-12-15-35-80(69)91-84)58-39-37-56(38-40-58)54-19-3-1-4-20-54)53-77(82)87(75)74-32-14-11-28-67(74)68-45-43-63(52-76(68)87)90(60-25-5-2-6-26-60)79-47-46-70(66-31-17-24-57-22-9-10-27-65(57)66)85-83(79)71-30-13-16-36-81(71)92-85/h1-53H. The van der Waals surface area contributed by atoms with Crippen LogP contribution in [-0.2, 0) is 5.41 Å². The molecule has 15 aromatic carbocycles. The van der Waals surface area contributed by atoms with Gasteiger partial charge >= 0.3 is 0 Å². The van der Waals surface area contributed by atoms with Gasteiger partial charge in [0, 0.05) is 89.7 Å². The molecule has 0 saturated carbocycles. The molecule has 1 unspecified atom stereocenters. The summed E-state index contributed by atoms with van der Waals surface area (Å²) in [7, 11) is 0. The first-order chi connectivity index (χ1) is 46.0. The van der Waals surface area contributed by atoms with E-state index in [1.807, 2.05) is 22.7 Å². The number of para-hydroxylation sites is 1. The first-order valence-electron chi connectivity index (χ1n) is 31.6. The van der Waals surface area contributed by atoms with E-state index in [0.717, 1.165) is 44.0 Å². The van der Waals surface area contributed by atoms with Gasteiger partial charge in [0.05, 0.1) is 16.1 Å². The molecule has 17 aromatic rings. The fourth-order valence-corrected chi connectivity index (χ4v) is 19.2. The Kier molecular flexibility index (Phi) is 12.6. The molecule has 0 fully saturated rings. The van der Waals surface area contributed by atoms with Crippen LogP contribution in [0.25, 0.3) is 106 Å². The monoisotopic (exact) mass is 1260 g/mol. The zero-order valence-electron chi connectivity index (χ0n) is 50.1. The zero-order chi connectivity index (χ0) is 61.3. The minimum absolute atomic E-state index is 0.746. The van der Waals surface area contributed by atoms with E-state index in [0.29, 0.717) is 0 Å². The molecule has 0 saturated heterocycles. The van der Waals surface area contributed by atoms with Gasteiger partial charge in [0.15, 0.2) is 0 Å². The third-order valence-electron chi connectivity index (χ3n) is 19.3. The Bertz CT molecular complexity index is 5890. The predicted octanol–water partition coefficient (Wildman–Crippen LogP) is 26.2. The van der Waals surface area contributed by atoms with Gasteiger partial charge in [-0.15, -0.1) is 22.7 Å². The molecule has 6 heteroatoms. The van der Waals surface area contributed by atoms with Gasteiger partial charge in [-0.05, 0) is 168 Å². The van der Waals surface area contributed by atoms with E-state index in [2.05, 4.69) is 331 Å². The number of thiophene rings is 2. The summed E-state index contributed by atoms with van der Waals surface area (Å²) in [5, 5.41) is 10.6. The lowest BCUT2D eigenvalue weighted by Gasteiger charge is -2.41. The molecule has 1 spiro atoms. The number of nitrogens with zero attached hydrogens (tertiary/aromatic N) is 2. The maximum atomic E-state index is 7.59. The third kappa shape index (κ3) is 8.48. The Morgan fingerprint density at radius 2 is 0.871 bits per heavy atom. The van der Waals surface area contributed by atoms with Crippen molar-refractivity contribution in [3.05, 3.63) is 349 Å². The van der Waals surface area contributed by atoms with Crippen molar-refractivity contribution in [1.29, 1.82) is 0 Å². The zero-order valence-corrected chi connectivity index (χ0v) is 53.3. The summed E-state index contributed by atoms with van der Waals surface area (Å²) in [5.74, 6) is 0. The number of rotatable bonds is 9. The Hall–Kier alpha value is -10.5. The van der Waals surface area contributed by atoms with Crippen LogP contribution in [-0.4, -0.2) is 0 Å². The molecule has 1 aliphatic heterocycles. The predicted molar refractivity (Wildman–Crippen MR) is 399 cm³/mol. The highest BCUT2D eigenvalue weighted by Crippen LogP contribution is 2.65. The number of halogens is 1. The van der Waals surface area contributed by atoms with Gasteiger partial charge in [0.25, 0.3) is 0 Å². The van der Waals surface area contributed by atoms with E-state index in [1.54, 1.807) is 11.8 Å². The second-order valence-electron chi connectivity index (χ2n) is 24.3. The van der Waals surface area contributed by atoms with Crippen LogP contribution in [0.4, 0.5) is 34.1 Å². The van der Waals surface area contributed by atoms with Crippen molar-refractivity contribution in [2.75, 3.05) is 9.80 Å². The van der Waals surface area contributed by atoms with Crippen molar-refractivity contribution in [3.63, 3.8) is 0 Å². The second-order valence-corrected chi connectivity index (χ2v) is 27.9. The smallest absolute Gasteiger partial charge is 0.0737 e. The van der Waals surface area contributed by atoms with Gasteiger partial charge in [-0.25, -0.2) is 0 Å². The Labute approximate surface area is 556 Å². The molecule has 1 aliphatic carbocycles. The molecule has 2 nitrogen and oxygen atoms in total. The summed E-state index contributed by atoms with van der Waals surface area (Å²) < 4.78 is 5.06. The summed E-state index contributed by atoms with van der Waals surface area (Å²) in [5.41, 5.74) is 20.2. The molecule has 0 amide bonds. The fourth-order valence-electron chi connectivity index (χ4n) is 15.3. The Morgan fingerprint density at radius 1 is 0.290 bits per heavy atom. The summed E-state index contributed by atoms with van der Waals surface area (Å²) in [6.07, 6.45) is 0. The molecule has 436 valence electrons. The quantitative estimate of drug-likeness (QED) is 0.142. The topological polar surface area (TPSA) is 6.48 Å². The van der Waals surface area contributed by atoms with Crippen LogP contribution in [0.1, 0.15) is 22.3 Å². The van der Waals surface area contributed by atoms with E-state index in [1.165, 1.54) is 134 Å². The van der Waals surface area contributed by atoms with Crippen LogP contribution < -0.4 is 9.80 Å². The molecule has 3 heterocycles. The van der Waals surface area contributed by atoms with Crippen LogP contribution in [0.2, 0.25) is 5.02 Å². The van der Waals surface area contributed by atoms with Crippen molar-refractivity contribution in [3.8, 4) is 44.5 Å². The van der Waals surface area contributed by atoms with Crippen LogP contribution >= 0.6 is 46.0 Å². The molecule has 0 radical (unpaired) electrons. The summed E-state index contributed by atoms with van der Waals surface area (Å²) in [6.45, 7) is 0. The van der Waals surface area contributed by atoms with Gasteiger partial charge in [-0.1, -0.05) is 254 Å². The highest BCUT2D eigenvalue weighted by molar-refractivity contribution is 7.99. The number of benzene rings is 15. The SMILES string of the molecule is Clc1cccc2c1Sc1ccc(N(c3ccc4ccccc4c3)c3cc(-c4ccc(-c5ccccc5)cc4)c4sc5ccccc5c4c3)cc1C21c2ccccc2-c2ccc(N(c3ccccc3)c3ccc(-c4cccc5ccccc45)c4sc5ccccc5c34)cc21. The maximum absolute atomic E-state index is 7.59. The summed E-state index contributed by atoms with van der Waals surface area (Å²) in [4.78, 5) is 7.27. The minimum Gasteiger partial charge on any atom is -0.310 e. The normalized spacial score (nSPS) is 13.9.